The number of carbonyl (C=O) groups is 1. The molecule has 6 heteroatoms. The molecule has 1 aromatic carbocycles. The van der Waals surface area contributed by atoms with Crippen molar-refractivity contribution in [2.75, 3.05) is 13.7 Å². The van der Waals surface area contributed by atoms with Crippen molar-refractivity contribution >= 4 is 40.1 Å². The largest absolute Gasteiger partial charge is 0.465 e. The van der Waals surface area contributed by atoms with Crippen LogP contribution in [0.15, 0.2) is 18.3 Å². The summed E-state index contributed by atoms with van der Waals surface area (Å²) in [5.74, 6) is -0.425. The molecule has 19 heavy (non-hydrogen) atoms. The van der Waals surface area contributed by atoms with Crippen molar-refractivity contribution < 1.29 is 14.6 Å². The Morgan fingerprint density at radius 3 is 2.79 bits per heavy atom. The number of hydrogen-bond acceptors (Lipinski definition) is 3. The van der Waals surface area contributed by atoms with Crippen molar-refractivity contribution in [2.45, 2.75) is 13.0 Å². The van der Waals surface area contributed by atoms with Crippen molar-refractivity contribution in [3.8, 4) is 0 Å². The Balaban J connectivity index is 2.66. The lowest BCUT2D eigenvalue weighted by Gasteiger charge is -2.06. The molecule has 4 nitrogen and oxygen atoms in total. The minimum Gasteiger partial charge on any atom is -0.465 e. The summed E-state index contributed by atoms with van der Waals surface area (Å²) in [5.41, 5.74) is 1.12. The van der Waals surface area contributed by atoms with Crippen LogP contribution in [-0.4, -0.2) is 29.4 Å². The lowest BCUT2D eigenvalue weighted by atomic mass is 10.2. The topological polar surface area (TPSA) is 51.5 Å². The predicted octanol–water partition coefficient (Wildman–Crippen LogP) is 3.12. The standard InChI is InChI=1S/C13H13Cl2NO3/c1-19-13(18)9-7-16(5-2-6-17)12-8(9)3-4-10(14)11(12)15/h3-4,7,17H,2,5-6H2,1H3. The van der Waals surface area contributed by atoms with E-state index in [9.17, 15) is 4.79 Å². The second-order valence-corrected chi connectivity index (χ2v) is 4.85. The van der Waals surface area contributed by atoms with E-state index in [-0.39, 0.29) is 6.61 Å². The molecule has 0 aliphatic carbocycles. The number of esters is 1. The second kappa shape index (κ2) is 5.82. The number of ether oxygens (including phenoxy) is 1. The van der Waals surface area contributed by atoms with E-state index in [4.69, 9.17) is 33.0 Å². The molecule has 0 spiro atoms. The molecule has 0 aliphatic heterocycles. The highest BCUT2D eigenvalue weighted by molar-refractivity contribution is 6.45. The van der Waals surface area contributed by atoms with Crippen LogP contribution in [0.1, 0.15) is 16.8 Å². The third kappa shape index (κ3) is 2.56. The number of carbonyl (C=O) groups excluding carboxylic acids is 1. The molecule has 2 rings (SSSR count). The van der Waals surface area contributed by atoms with Crippen LogP contribution < -0.4 is 0 Å². The van der Waals surface area contributed by atoms with Crippen molar-refractivity contribution in [2.24, 2.45) is 0 Å². The van der Waals surface area contributed by atoms with Crippen molar-refractivity contribution in [1.82, 2.24) is 4.57 Å². The number of nitrogens with zero attached hydrogens (tertiary/aromatic N) is 1. The van der Waals surface area contributed by atoms with Gasteiger partial charge in [0.15, 0.2) is 0 Å². The number of hydrogen-bond donors (Lipinski definition) is 1. The molecule has 1 heterocycles. The zero-order valence-electron chi connectivity index (χ0n) is 10.3. The molecule has 0 unspecified atom stereocenters. The van der Waals surface area contributed by atoms with Crippen molar-refractivity contribution in [1.29, 1.82) is 0 Å². The Hall–Kier alpha value is -1.23. The minimum atomic E-state index is -0.425. The molecule has 1 N–H and O–H groups in total. The summed E-state index contributed by atoms with van der Waals surface area (Å²) in [6.07, 6.45) is 2.24. The molecular weight excluding hydrogens is 289 g/mol. The van der Waals surface area contributed by atoms with Crippen LogP contribution in [0.25, 0.3) is 10.9 Å². The number of methoxy groups -OCH3 is 1. The van der Waals surface area contributed by atoms with Crippen LogP contribution in [0.5, 0.6) is 0 Å². The van der Waals surface area contributed by atoms with Gasteiger partial charge in [0, 0.05) is 24.7 Å². The molecular formula is C13H13Cl2NO3. The van der Waals surface area contributed by atoms with E-state index in [1.807, 2.05) is 4.57 Å². The Kier molecular flexibility index (Phi) is 4.34. The Morgan fingerprint density at radius 2 is 2.16 bits per heavy atom. The maximum absolute atomic E-state index is 11.7. The molecule has 102 valence electrons. The first-order valence-electron chi connectivity index (χ1n) is 5.76. The van der Waals surface area contributed by atoms with Gasteiger partial charge < -0.3 is 14.4 Å². The lowest BCUT2D eigenvalue weighted by molar-refractivity contribution is 0.0602. The van der Waals surface area contributed by atoms with Gasteiger partial charge in [0.1, 0.15) is 0 Å². The predicted molar refractivity (Wildman–Crippen MR) is 75.0 cm³/mol. The number of halogens is 2. The molecule has 0 bridgehead atoms. The van der Waals surface area contributed by atoms with E-state index in [1.165, 1.54) is 7.11 Å². The van der Waals surface area contributed by atoms with Gasteiger partial charge in [-0.15, -0.1) is 0 Å². The summed E-state index contributed by atoms with van der Waals surface area (Å²) in [6, 6.07) is 3.39. The Morgan fingerprint density at radius 1 is 1.42 bits per heavy atom. The quantitative estimate of drug-likeness (QED) is 0.883. The van der Waals surface area contributed by atoms with Crippen LogP contribution >= 0.6 is 23.2 Å². The van der Waals surface area contributed by atoms with Crippen LogP contribution in [0.2, 0.25) is 10.0 Å². The van der Waals surface area contributed by atoms with Gasteiger partial charge in [-0.1, -0.05) is 29.3 Å². The summed E-state index contributed by atoms with van der Waals surface area (Å²) >= 11 is 12.2. The number of aryl methyl sites for hydroxylation is 1. The highest BCUT2D eigenvalue weighted by Gasteiger charge is 2.18. The van der Waals surface area contributed by atoms with Crippen LogP contribution in [0, 0.1) is 0 Å². The highest BCUT2D eigenvalue weighted by Crippen LogP contribution is 2.34. The number of aliphatic hydroxyl groups excluding tert-OH is 1. The van der Waals surface area contributed by atoms with E-state index < -0.39 is 5.97 Å². The maximum atomic E-state index is 11.7. The number of fused-ring (bicyclic) bond motifs is 1. The SMILES string of the molecule is COC(=O)c1cn(CCCO)c2c(Cl)c(Cl)ccc12. The molecule has 1 aromatic heterocycles. The van der Waals surface area contributed by atoms with Crippen molar-refractivity contribution in [3.05, 3.63) is 33.9 Å². The summed E-state index contributed by atoms with van der Waals surface area (Å²) in [5, 5.41) is 10.4. The lowest BCUT2D eigenvalue weighted by Crippen LogP contribution is -2.01. The van der Waals surface area contributed by atoms with Gasteiger partial charge in [-0.25, -0.2) is 4.79 Å². The van der Waals surface area contributed by atoms with E-state index in [0.29, 0.717) is 39.5 Å². The first kappa shape index (κ1) is 14.2. The van der Waals surface area contributed by atoms with Gasteiger partial charge in [0.2, 0.25) is 0 Å². The highest BCUT2D eigenvalue weighted by atomic mass is 35.5. The van der Waals surface area contributed by atoms with E-state index in [2.05, 4.69) is 0 Å². The number of aromatic nitrogens is 1. The third-order valence-corrected chi connectivity index (χ3v) is 3.69. The monoisotopic (exact) mass is 301 g/mol. The van der Waals surface area contributed by atoms with Crippen LogP contribution in [-0.2, 0) is 11.3 Å². The van der Waals surface area contributed by atoms with E-state index >= 15 is 0 Å². The molecule has 0 saturated heterocycles. The van der Waals surface area contributed by atoms with Crippen molar-refractivity contribution in [3.63, 3.8) is 0 Å². The average molecular weight is 302 g/mol. The summed E-state index contributed by atoms with van der Waals surface area (Å²) in [6.45, 7) is 0.607. The van der Waals surface area contributed by atoms with Gasteiger partial charge in [-0.2, -0.15) is 0 Å². The molecule has 0 atom stereocenters. The first-order chi connectivity index (χ1) is 9.10. The first-order valence-corrected chi connectivity index (χ1v) is 6.51. The van der Waals surface area contributed by atoms with Crippen LogP contribution in [0.4, 0.5) is 0 Å². The second-order valence-electron chi connectivity index (χ2n) is 4.06. The maximum Gasteiger partial charge on any atom is 0.340 e. The fourth-order valence-corrected chi connectivity index (χ4v) is 2.44. The van der Waals surface area contributed by atoms with Gasteiger partial charge >= 0.3 is 5.97 Å². The molecule has 0 saturated carbocycles. The molecule has 0 amide bonds. The molecule has 0 fully saturated rings. The fraction of sp³-hybridized carbons (Fsp3) is 0.308. The van der Waals surface area contributed by atoms with Gasteiger partial charge in [0.25, 0.3) is 0 Å². The zero-order valence-corrected chi connectivity index (χ0v) is 11.8. The van der Waals surface area contributed by atoms with Crippen LogP contribution in [0.3, 0.4) is 0 Å². The summed E-state index contributed by atoms with van der Waals surface area (Å²) in [4.78, 5) is 11.7. The van der Waals surface area contributed by atoms with Gasteiger partial charge in [0.05, 0.1) is 28.2 Å². The minimum absolute atomic E-state index is 0.0609. The summed E-state index contributed by atoms with van der Waals surface area (Å²) < 4.78 is 6.57. The molecule has 2 aromatic rings. The summed E-state index contributed by atoms with van der Waals surface area (Å²) in [7, 11) is 1.33. The number of rotatable bonds is 4. The molecule has 0 aliphatic rings. The Labute approximate surface area is 120 Å². The number of aliphatic hydroxyl groups is 1. The molecule has 0 radical (unpaired) electrons. The normalized spacial score (nSPS) is 10.9. The zero-order chi connectivity index (χ0) is 14.0. The van der Waals surface area contributed by atoms with E-state index in [0.717, 1.165) is 0 Å². The fourth-order valence-electron chi connectivity index (χ4n) is 2.02. The Bertz CT molecular complexity index is 622. The smallest absolute Gasteiger partial charge is 0.340 e. The number of benzene rings is 1. The van der Waals surface area contributed by atoms with E-state index in [1.54, 1.807) is 18.3 Å². The van der Waals surface area contributed by atoms with Gasteiger partial charge in [-0.05, 0) is 12.5 Å². The van der Waals surface area contributed by atoms with Gasteiger partial charge in [-0.3, -0.25) is 0 Å². The average Bonchev–Trinajstić information content (AvgIpc) is 2.79. The third-order valence-electron chi connectivity index (χ3n) is 2.89.